The maximum Gasteiger partial charge on any atom is 0.0845 e. The topological polar surface area (TPSA) is 42.7 Å². The van der Waals surface area contributed by atoms with Crippen LogP contribution < -0.4 is 5.32 Å². The van der Waals surface area contributed by atoms with Gasteiger partial charge in [0.15, 0.2) is 0 Å². The van der Waals surface area contributed by atoms with E-state index in [0.29, 0.717) is 0 Å². The average molecular weight is 266 g/mol. The van der Waals surface area contributed by atoms with E-state index in [0.717, 1.165) is 12.1 Å². The van der Waals surface area contributed by atoms with Gasteiger partial charge in [-0.25, -0.2) is 0 Å². The van der Waals surface area contributed by atoms with Crippen LogP contribution in [0.25, 0.3) is 10.8 Å². The Kier molecular flexibility index (Phi) is 3.48. The third-order valence-corrected chi connectivity index (χ3v) is 3.59. The number of nitrogens with one attached hydrogen (secondary N) is 1. The Morgan fingerprint density at radius 3 is 2.65 bits per heavy atom. The summed E-state index contributed by atoms with van der Waals surface area (Å²) in [4.78, 5) is 0. The van der Waals surface area contributed by atoms with Crippen molar-refractivity contribution in [3.8, 4) is 0 Å². The minimum Gasteiger partial charge on any atom is -0.313 e. The molecule has 3 aromatic rings. The lowest BCUT2D eigenvalue weighted by Crippen LogP contribution is -2.19. The van der Waals surface area contributed by atoms with Crippen molar-refractivity contribution in [3.05, 3.63) is 59.9 Å². The molecule has 0 aliphatic heterocycles. The summed E-state index contributed by atoms with van der Waals surface area (Å²) in [6, 6.07) is 15.3. The molecule has 0 aliphatic carbocycles. The fourth-order valence-electron chi connectivity index (χ4n) is 2.51. The molecular formula is C16H18N4. The average Bonchev–Trinajstić information content (AvgIpc) is 2.89. The second-order valence-corrected chi connectivity index (χ2v) is 5.04. The van der Waals surface area contributed by atoms with E-state index >= 15 is 0 Å². The van der Waals surface area contributed by atoms with Crippen molar-refractivity contribution in [2.75, 3.05) is 7.05 Å². The predicted octanol–water partition coefficient (Wildman–Crippen LogP) is 2.47. The van der Waals surface area contributed by atoms with Gasteiger partial charge in [-0.2, -0.15) is 0 Å². The van der Waals surface area contributed by atoms with Gasteiger partial charge in [0.05, 0.1) is 5.69 Å². The van der Waals surface area contributed by atoms with E-state index in [-0.39, 0.29) is 6.04 Å². The highest BCUT2D eigenvalue weighted by atomic mass is 15.4. The Morgan fingerprint density at radius 1 is 1.15 bits per heavy atom. The Balaban J connectivity index is 1.90. The molecule has 0 saturated carbocycles. The second kappa shape index (κ2) is 5.43. The number of hydrogen-bond acceptors (Lipinski definition) is 3. The molecule has 4 nitrogen and oxygen atoms in total. The molecule has 0 fully saturated rings. The van der Waals surface area contributed by atoms with Crippen LogP contribution in [-0.4, -0.2) is 22.0 Å². The fraction of sp³-hybridized carbons (Fsp3) is 0.250. The van der Waals surface area contributed by atoms with Crippen LogP contribution in [0, 0.1) is 0 Å². The highest BCUT2D eigenvalue weighted by molar-refractivity contribution is 5.83. The number of aryl methyl sites for hydroxylation is 1. The molecule has 0 radical (unpaired) electrons. The molecule has 0 bridgehead atoms. The predicted molar refractivity (Wildman–Crippen MR) is 80.5 cm³/mol. The molecule has 1 heterocycles. The highest BCUT2D eigenvalue weighted by Gasteiger charge is 2.12. The lowest BCUT2D eigenvalue weighted by atomic mass is 9.99. The lowest BCUT2D eigenvalue weighted by Gasteiger charge is -2.16. The molecule has 2 aromatic carbocycles. The summed E-state index contributed by atoms with van der Waals surface area (Å²) in [5.41, 5.74) is 2.27. The summed E-state index contributed by atoms with van der Waals surface area (Å²) in [6.07, 6.45) is 2.80. The first-order valence-corrected chi connectivity index (χ1v) is 6.77. The molecule has 0 amide bonds. The zero-order chi connectivity index (χ0) is 13.9. The van der Waals surface area contributed by atoms with Crippen LogP contribution in [0.5, 0.6) is 0 Å². The summed E-state index contributed by atoms with van der Waals surface area (Å²) < 4.78 is 1.74. The number of aromatic nitrogens is 3. The van der Waals surface area contributed by atoms with E-state index < -0.39 is 0 Å². The maximum absolute atomic E-state index is 4.16. The van der Waals surface area contributed by atoms with E-state index in [1.54, 1.807) is 4.68 Å². The SMILES string of the molecule is CNC(Cc1cn(C)nn1)c1ccc2ccccc2c1. The number of benzene rings is 2. The van der Waals surface area contributed by atoms with Crippen molar-refractivity contribution >= 4 is 10.8 Å². The van der Waals surface area contributed by atoms with Crippen LogP contribution in [0.2, 0.25) is 0 Å². The number of rotatable bonds is 4. The lowest BCUT2D eigenvalue weighted by molar-refractivity contribution is 0.584. The van der Waals surface area contributed by atoms with E-state index in [1.807, 2.05) is 20.3 Å². The van der Waals surface area contributed by atoms with Crippen LogP contribution in [0.4, 0.5) is 0 Å². The summed E-state index contributed by atoms with van der Waals surface area (Å²) in [5.74, 6) is 0. The van der Waals surface area contributed by atoms with E-state index in [1.165, 1.54) is 16.3 Å². The highest BCUT2D eigenvalue weighted by Crippen LogP contribution is 2.22. The molecule has 4 heteroatoms. The molecule has 1 atom stereocenters. The molecule has 0 saturated heterocycles. The first kappa shape index (κ1) is 12.8. The minimum absolute atomic E-state index is 0.247. The largest absolute Gasteiger partial charge is 0.313 e. The molecule has 102 valence electrons. The molecule has 1 unspecified atom stereocenters. The number of likely N-dealkylation sites (N-methyl/N-ethyl adjacent to an activating group) is 1. The minimum atomic E-state index is 0.247. The third kappa shape index (κ3) is 2.56. The van der Waals surface area contributed by atoms with Gasteiger partial charge in [0, 0.05) is 25.7 Å². The summed E-state index contributed by atoms with van der Waals surface area (Å²) in [7, 11) is 3.87. The molecule has 20 heavy (non-hydrogen) atoms. The van der Waals surface area contributed by atoms with Gasteiger partial charge in [0.2, 0.25) is 0 Å². The summed E-state index contributed by atoms with van der Waals surface area (Å²) in [6.45, 7) is 0. The van der Waals surface area contributed by atoms with Gasteiger partial charge in [0.25, 0.3) is 0 Å². The molecule has 0 spiro atoms. The second-order valence-electron chi connectivity index (χ2n) is 5.04. The van der Waals surface area contributed by atoms with Gasteiger partial charge < -0.3 is 5.32 Å². The first-order valence-electron chi connectivity index (χ1n) is 6.77. The van der Waals surface area contributed by atoms with Crippen LogP contribution in [0.1, 0.15) is 17.3 Å². The van der Waals surface area contributed by atoms with Crippen molar-refractivity contribution in [1.82, 2.24) is 20.3 Å². The van der Waals surface area contributed by atoms with Crippen molar-refractivity contribution in [1.29, 1.82) is 0 Å². The number of hydrogen-bond donors (Lipinski definition) is 1. The van der Waals surface area contributed by atoms with Crippen LogP contribution in [0.15, 0.2) is 48.7 Å². The Morgan fingerprint density at radius 2 is 1.95 bits per heavy atom. The zero-order valence-corrected chi connectivity index (χ0v) is 11.7. The van der Waals surface area contributed by atoms with Crippen molar-refractivity contribution in [3.63, 3.8) is 0 Å². The van der Waals surface area contributed by atoms with E-state index in [4.69, 9.17) is 0 Å². The molecule has 3 rings (SSSR count). The maximum atomic E-state index is 4.16. The molecule has 0 aliphatic rings. The van der Waals surface area contributed by atoms with Gasteiger partial charge in [-0.3, -0.25) is 4.68 Å². The Bertz CT molecular complexity index is 717. The molecular weight excluding hydrogens is 248 g/mol. The summed E-state index contributed by atoms with van der Waals surface area (Å²) >= 11 is 0. The fourth-order valence-corrected chi connectivity index (χ4v) is 2.51. The van der Waals surface area contributed by atoms with E-state index in [9.17, 15) is 0 Å². The van der Waals surface area contributed by atoms with Crippen LogP contribution in [0.3, 0.4) is 0 Å². The van der Waals surface area contributed by atoms with Crippen LogP contribution in [-0.2, 0) is 13.5 Å². The molecule has 1 N–H and O–H groups in total. The number of fused-ring (bicyclic) bond motifs is 1. The van der Waals surface area contributed by atoms with Crippen molar-refractivity contribution in [2.24, 2.45) is 7.05 Å². The first-order chi connectivity index (χ1) is 9.76. The van der Waals surface area contributed by atoms with Gasteiger partial charge in [-0.1, -0.05) is 41.6 Å². The Hall–Kier alpha value is -2.20. The standard InChI is InChI=1S/C16H18N4/c1-17-16(10-15-11-20(2)19-18-15)14-8-7-12-5-3-4-6-13(12)9-14/h3-9,11,16-17H,10H2,1-2H3. The van der Waals surface area contributed by atoms with Crippen molar-refractivity contribution < 1.29 is 0 Å². The van der Waals surface area contributed by atoms with Crippen molar-refractivity contribution in [2.45, 2.75) is 12.5 Å². The van der Waals surface area contributed by atoms with Crippen LogP contribution >= 0.6 is 0 Å². The Labute approximate surface area is 118 Å². The van der Waals surface area contributed by atoms with Gasteiger partial charge in [-0.15, -0.1) is 5.10 Å². The van der Waals surface area contributed by atoms with E-state index in [2.05, 4.69) is 58.1 Å². The quantitative estimate of drug-likeness (QED) is 0.789. The molecule has 1 aromatic heterocycles. The third-order valence-electron chi connectivity index (χ3n) is 3.59. The summed E-state index contributed by atoms with van der Waals surface area (Å²) in [5, 5.41) is 14.1. The monoisotopic (exact) mass is 266 g/mol. The normalized spacial score (nSPS) is 12.7. The number of nitrogens with zero attached hydrogens (tertiary/aromatic N) is 3. The van der Waals surface area contributed by atoms with Gasteiger partial charge in [0.1, 0.15) is 0 Å². The smallest absolute Gasteiger partial charge is 0.0845 e. The van der Waals surface area contributed by atoms with Gasteiger partial charge >= 0.3 is 0 Å². The van der Waals surface area contributed by atoms with Gasteiger partial charge in [-0.05, 0) is 29.4 Å². The zero-order valence-electron chi connectivity index (χ0n) is 11.7.